The van der Waals surface area contributed by atoms with Crippen molar-refractivity contribution in [3.63, 3.8) is 0 Å². The summed E-state index contributed by atoms with van der Waals surface area (Å²) in [7, 11) is 0. The van der Waals surface area contributed by atoms with Gasteiger partial charge in [-0.05, 0) is 0 Å². The number of benzene rings is 4. The Kier molecular flexibility index (Phi) is 11.6. The number of aromatic nitrogens is 8. The summed E-state index contributed by atoms with van der Waals surface area (Å²) < 4.78 is 0. The van der Waals surface area contributed by atoms with Crippen molar-refractivity contribution in [2.45, 2.75) is 0 Å². The maximum absolute atomic E-state index is 6.84. The smallest absolute Gasteiger partial charge is 0.166 e. The van der Waals surface area contributed by atoms with E-state index in [0.717, 1.165) is 0 Å². The molecule has 57 heavy (non-hydrogen) atoms. The molecule has 0 saturated carbocycles. The van der Waals surface area contributed by atoms with Crippen LogP contribution in [0.1, 0.15) is 0 Å². The summed E-state index contributed by atoms with van der Waals surface area (Å²) in [4.78, 5) is 34.9. The topological polar surface area (TPSA) is 109 Å². The molecule has 0 radical (unpaired) electrons. The molecule has 0 saturated heterocycles. The Labute approximate surface area is 408 Å². The first-order valence-electron chi connectivity index (χ1n) is 14.7. The maximum Gasteiger partial charge on any atom is 0.166 e. The van der Waals surface area contributed by atoms with Gasteiger partial charge in [-0.3, -0.25) is 0 Å². The molecule has 0 fully saturated rings. The van der Waals surface area contributed by atoms with Gasteiger partial charge in [-0.25, -0.2) is 29.9 Å². The van der Waals surface area contributed by atoms with Crippen LogP contribution in [0.25, 0.3) is 89.7 Å². The van der Waals surface area contributed by atoms with Crippen molar-refractivity contribution in [1.29, 1.82) is 0 Å². The van der Waals surface area contributed by atoms with Crippen LogP contribution >= 0.6 is 186 Å². The van der Waals surface area contributed by atoms with E-state index < -0.39 is 0 Å². The minimum absolute atomic E-state index is 0. The first-order chi connectivity index (χ1) is 26.4. The number of hydrogen-bond donors (Lipinski definition) is 2. The van der Waals surface area contributed by atoms with Gasteiger partial charge < -0.3 is 9.97 Å². The predicted molar refractivity (Wildman–Crippen MR) is 236 cm³/mol. The van der Waals surface area contributed by atoms with Crippen molar-refractivity contribution in [2.75, 3.05) is 0 Å². The Morgan fingerprint density at radius 3 is 0.596 bits per heavy atom. The number of rotatable bonds is 0. The minimum atomic E-state index is -0.0863. The molecule has 0 unspecified atom stereocenters. The van der Waals surface area contributed by atoms with E-state index in [4.69, 9.17) is 216 Å². The largest absolute Gasteiger partial charge is 0.324 e. The van der Waals surface area contributed by atoms with Crippen LogP contribution in [0.15, 0.2) is 0 Å². The third kappa shape index (κ3) is 6.22. The molecule has 2 aliphatic heterocycles. The summed E-state index contributed by atoms with van der Waals surface area (Å²) in [6.07, 6.45) is 0. The van der Waals surface area contributed by atoms with Gasteiger partial charge in [0, 0.05) is 17.1 Å². The van der Waals surface area contributed by atoms with Crippen molar-refractivity contribution >= 4 is 230 Å². The summed E-state index contributed by atoms with van der Waals surface area (Å²) in [5.41, 5.74) is 0.666. The zero-order valence-electron chi connectivity index (χ0n) is 26.1. The number of hydrogen-bond acceptors (Lipinski definition) is 6. The van der Waals surface area contributed by atoms with E-state index in [1.54, 1.807) is 0 Å². The third-order valence-electron chi connectivity index (χ3n) is 8.68. The van der Waals surface area contributed by atoms with Gasteiger partial charge in [-0.15, -0.1) is 0 Å². The molecule has 8 bridgehead atoms. The van der Waals surface area contributed by atoms with Crippen molar-refractivity contribution in [3.8, 4) is 45.6 Å². The first-order valence-corrected chi connectivity index (χ1v) is 20.8. The summed E-state index contributed by atoms with van der Waals surface area (Å²) in [5, 5.41) is -0.398. The van der Waals surface area contributed by atoms with E-state index in [0.29, 0.717) is 0 Å². The fraction of sp³-hybridized carbons (Fsp3) is 0. The second-order valence-electron chi connectivity index (χ2n) is 11.6. The standard InChI is InChI=1S/C32H2Cl16N8.Fe/c33-9-1-2(10(34)18(42)17(9)41)26-49-25(1)53-27-3-4(12(36)20(44)19(43)11(3)35)29(50-27)55-31-7-8(16(40)24(48)23(47)15(7)39)32(52-31)56-30-6-5(28(51-30)54-26)13(37)21(45)22(46)14(6)38;/h(H2,49,50,51,52,53,54,55,56);. The Bertz CT molecular complexity index is 2820. The Morgan fingerprint density at radius 2 is 0.404 bits per heavy atom. The molecule has 5 heterocycles. The van der Waals surface area contributed by atoms with Gasteiger partial charge in [0.05, 0.1) is 124 Å². The van der Waals surface area contributed by atoms with Gasteiger partial charge in [0.25, 0.3) is 0 Å². The van der Waals surface area contributed by atoms with Crippen LogP contribution in [-0.4, -0.2) is 39.9 Å². The number of fused-ring (bicyclic) bond motifs is 20. The number of nitrogens with zero attached hydrogens (tertiary/aromatic N) is 6. The third-order valence-corrected chi connectivity index (χ3v) is 15.9. The van der Waals surface area contributed by atoms with Gasteiger partial charge in [0.2, 0.25) is 0 Å². The van der Waals surface area contributed by atoms with E-state index in [1.807, 2.05) is 0 Å². The molecule has 0 amide bonds. The molecule has 25 heteroatoms. The maximum atomic E-state index is 6.84. The second kappa shape index (κ2) is 15.3. The molecule has 7 aromatic rings. The normalized spacial score (nSPS) is 12.1. The number of H-pyrrole nitrogens is 2. The van der Waals surface area contributed by atoms with Gasteiger partial charge in [0.15, 0.2) is 23.3 Å². The molecule has 8 nitrogen and oxygen atoms in total. The van der Waals surface area contributed by atoms with Crippen molar-refractivity contribution < 1.29 is 17.1 Å². The molecule has 3 aromatic heterocycles. The van der Waals surface area contributed by atoms with Gasteiger partial charge in [-0.1, -0.05) is 186 Å². The van der Waals surface area contributed by atoms with Crippen molar-refractivity contribution in [1.82, 2.24) is 39.9 Å². The molecule has 290 valence electrons. The number of aromatic amines is 2. The molecule has 0 atom stereocenters. The minimum Gasteiger partial charge on any atom is -0.324 e. The van der Waals surface area contributed by atoms with Crippen molar-refractivity contribution in [3.05, 3.63) is 80.4 Å². The molecule has 4 aromatic carbocycles. The zero-order chi connectivity index (χ0) is 40.1. The second-order valence-corrected chi connectivity index (χ2v) is 17.7. The monoisotopic (exact) mass is 1110 g/mol. The average Bonchev–Trinajstić information content (AvgIpc) is 3.92. The predicted octanol–water partition coefficient (Wildman–Crippen LogP) is 17.3. The van der Waals surface area contributed by atoms with E-state index in [1.165, 1.54) is 0 Å². The van der Waals surface area contributed by atoms with E-state index in [9.17, 15) is 0 Å². The van der Waals surface area contributed by atoms with Crippen LogP contribution < -0.4 is 0 Å². The molecular formula is C32H2Cl16FeN8. The summed E-state index contributed by atoms with van der Waals surface area (Å²) >= 11 is 107. The number of nitrogens with one attached hydrogen (secondary N) is 2. The zero-order valence-corrected chi connectivity index (χ0v) is 39.3. The van der Waals surface area contributed by atoms with Gasteiger partial charge in [-0.2, -0.15) is 0 Å². The molecule has 2 N–H and O–H groups in total. The van der Waals surface area contributed by atoms with Gasteiger partial charge >= 0.3 is 0 Å². The van der Waals surface area contributed by atoms with Crippen molar-refractivity contribution in [2.24, 2.45) is 0 Å². The summed E-state index contributed by atoms with van der Waals surface area (Å²) in [6, 6.07) is 0. The van der Waals surface area contributed by atoms with Crippen LogP contribution in [0.5, 0.6) is 0 Å². The SMILES string of the molecule is Clc1c(Cl)c(Cl)c2c(c1Cl)-c1nc-2nc2[nH]c(nc3nc(nc4[nH]c(n1)c1c(Cl)c(Cl)c(Cl)c(Cl)c41)-c1c(Cl)c(Cl)c(Cl)c(Cl)c1-3)c1c(Cl)c(Cl)c(Cl)c(Cl)c21.[Fe]. The Hall–Kier alpha value is -0.601. The van der Waals surface area contributed by atoms with Crippen LogP contribution in [-0.2, 0) is 17.1 Å². The van der Waals surface area contributed by atoms with Crippen LogP contribution in [0.3, 0.4) is 0 Å². The van der Waals surface area contributed by atoms with Crippen LogP contribution in [0, 0.1) is 0 Å². The number of halogens is 16. The molecule has 2 aliphatic rings. The summed E-state index contributed by atoms with van der Waals surface area (Å²) in [5.74, 6) is -0.257. The first kappa shape index (κ1) is 43.1. The fourth-order valence-corrected chi connectivity index (χ4v) is 10.3. The van der Waals surface area contributed by atoms with Gasteiger partial charge in [0.1, 0.15) is 22.6 Å². The Balaban J connectivity index is 0.00000455. The molecular weight excluding hydrogens is 1120 g/mol. The van der Waals surface area contributed by atoms with E-state index >= 15 is 0 Å². The quantitative estimate of drug-likeness (QED) is 0.0889. The molecule has 9 rings (SSSR count). The van der Waals surface area contributed by atoms with Crippen LogP contribution in [0.4, 0.5) is 0 Å². The Morgan fingerprint density at radius 1 is 0.228 bits per heavy atom. The van der Waals surface area contributed by atoms with E-state index in [-0.39, 0.29) is 187 Å². The average molecular weight is 1120 g/mol. The molecule has 0 aliphatic carbocycles. The fourth-order valence-electron chi connectivity index (χ4n) is 6.24. The molecule has 0 spiro atoms. The van der Waals surface area contributed by atoms with Crippen LogP contribution in [0.2, 0.25) is 80.4 Å². The summed E-state index contributed by atoms with van der Waals surface area (Å²) in [6.45, 7) is 0. The van der Waals surface area contributed by atoms with E-state index in [2.05, 4.69) is 9.97 Å².